The highest BCUT2D eigenvalue weighted by Crippen LogP contribution is 2.36. The van der Waals surface area contributed by atoms with Crippen LogP contribution in [0.1, 0.15) is 37.0 Å². The Hall–Kier alpha value is -3.15. The number of amides is 2. The van der Waals surface area contributed by atoms with Crippen LogP contribution in [0.2, 0.25) is 0 Å². The molecule has 36 heavy (non-hydrogen) atoms. The van der Waals surface area contributed by atoms with Crippen LogP contribution in [0.3, 0.4) is 0 Å². The minimum absolute atomic E-state index is 0.0497. The second kappa shape index (κ2) is 11.3. The molecule has 1 heterocycles. The van der Waals surface area contributed by atoms with E-state index in [-0.39, 0.29) is 43.5 Å². The molecule has 0 bridgehead atoms. The molecule has 0 atom stereocenters. The van der Waals surface area contributed by atoms with Crippen LogP contribution in [-0.4, -0.2) is 63.7 Å². The summed E-state index contributed by atoms with van der Waals surface area (Å²) < 4.78 is 41.0. The Morgan fingerprint density at radius 2 is 1.61 bits per heavy atom. The molecule has 3 N–H and O–H groups in total. The Balaban J connectivity index is 1.61. The number of hydrogen-bond donors (Lipinski definition) is 3. The molecule has 10 nitrogen and oxygen atoms in total. The molecule has 0 radical (unpaired) electrons. The minimum Gasteiger partial charge on any atom is -0.497 e. The summed E-state index contributed by atoms with van der Waals surface area (Å²) >= 11 is 0. The summed E-state index contributed by atoms with van der Waals surface area (Å²) in [5.41, 5.74) is 1.60. The van der Waals surface area contributed by atoms with E-state index in [1.54, 1.807) is 31.4 Å². The van der Waals surface area contributed by atoms with Crippen LogP contribution in [-0.2, 0) is 19.4 Å². The molecular formula is C25H32N2O8S. The molecule has 2 amide bonds. The quantitative estimate of drug-likeness (QED) is 0.320. The fourth-order valence-corrected chi connectivity index (χ4v) is 5.79. The number of sulfone groups is 1. The first-order valence-corrected chi connectivity index (χ1v) is 12.9. The first kappa shape index (κ1) is 27.4. The summed E-state index contributed by atoms with van der Waals surface area (Å²) in [6.45, 7) is 4.67. The number of carbonyl (C=O) groups is 2. The molecule has 0 aromatic heterocycles. The zero-order chi connectivity index (χ0) is 26.4. The molecule has 196 valence electrons. The number of hydroxylamine groups is 1. The summed E-state index contributed by atoms with van der Waals surface area (Å²) in [6.07, 6.45) is -0.118. The maximum absolute atomic E-state index is 13.3. The molecular weight excluding hydrogens is 488 g/mol. The molecule has 2 aromatic carbocycles. The SMILES string of the molecule is COc1ccc(C(=O)NCC(C)(C)COc2ccc(S(=O)(=O)C3(C(=O)NO)CCOCC3)cc2)cc1. The smallest absolute Gasteiger partial charge is 0.265 e. The highest BCUT2D eigenvalue weighted by molar-refractivity contribution is 7.93. The average Bonchev–Trinajstić information content (AvgIpc) is 2.90. The number of ether oxygens (including phenoxy) is 3. The molecule has 0 unspecified atom stereocenters. The average molecular weight is 521 g/mol. The second-order valence-corrected chi connectivity index (χ2v) is 11.6. The van der Waals surface area contributed by atoms with Crippen LogP contribution in [0.25, 0.3) is 0 Å². The van der Waals surface area contributed by atoms with Crippen molar-refractivity contribution in [3.63, 3.8) is 0 Å². The second-order valence-electron chi connectivity index (χ2n) is 9.39. The standard InChI is InChI=1S/C25H32N2O8S/c1-24(2,16-26-22(28)18-4-6-19(33-3)7-5-18)17-35-20-8-10-21(11-9-20)36(31,32)25(23(29)27-30)12-14-34-15-13-25/h4-11,30H,12-17H2,1-3H3,(H,26,28)(H,27,29). The van der Waals surface area contributed by atoms with Gasteiger partial charge in [0.05, 0.1) is 18.6 Å². The fourth-order valence-electron chi connectivity index (χ4n) is 3.86. The lowest BCUT2D eigenvalue weighted by molar-refractivity contribution is -0.134. The molecule has 0 spiro atoms. The predicted molar refractivity (Wildman–Crippen MR) is 131 cm³/mol. The van der Waals surface area contributed by atoms with Crippen LogP contribution < -0.4 is 20.3 Å². The zero-order valence-corrected chi connectivity index (χ0v) is 21.4. The van der Waals surface area contributed by atoms with Crippen molar-refractivity contribution in [3.05, 3.63) is 54.1 Å². The molecule has 2 aromatic rings. The Bertz CT molecular complexity index is 1160. The molecule has 1 aliphatic heterocycles. The third-order valence-corrected chi connectivity index (χ3v) is 8.69. The first-order valence-electron chi connectivity index (χ1n) is 11.5. The predicted octanol–water partition coefficient (Wildman–Crippen LogP) is 2.36. The lowest BCUT2D eigenvalue weighted by Crippen LogP contribution is -2.54. The minimum atomic E-state index is -4.11. The van der Waals surface area contributed by atoms with Gasteiger partial charge in [0, 0.05) is 30.7 Å². The van der Waals surface area contributed by atoms with Gasteiger partial charge in [0.2, 0.25) is 0 Å². The number of methoxy groups -OCH3 is 1. The zero-order valence-electron chi connectivity index (χ0n) is 20.6. The normalized spacial score (nSPS) is 15.6. The summed E-state index contributed by atoms with van der Waals surface area (Å²) in [4.78, 5) is 24.7. The van der Waals surface area contributed by atoms with E-state index in [0.29, 0.717) is 23.6 Å². The lowest BCUT2D eigenvalue weighted by Gasteiger charge is -2.34. The highest BCUT2D eigenvalue weighted by Gasteiger charge is 2.52. The van der Waals surface area contributed by atoms with E-state index in [1.807, 2.05) is 13.8 Å². The fraction of sp³-hybridized carbons (Fsp3) is 0.440. The lowest BCUT2D eigenvalue weighted by atomic mass is 9.94. The van der Waals surface area contributed by atoms with E-state index in [0.717, 1.165) is 0 Å². The molecule has 3 rings (SSSR count). The van der Waals surface area contributed by atoms with Gasteiger partial charge in [-0.2, -0.15) is 0 Å². The van der Waals surface area contributed by atoms with Crippen molar-refractivity contribution in [1.29, 1.82) is 0 Å². The number of benzene rings is 2. The van der Waals surface area contributed by atoms with E-state index in [4.69, 9.17) is 19.4 Å². The van der Waals surface area contributed by atoms with Gasteiger partial charge < -0.3 is 19.5 Å². The Labute approximate surface area is 210 Å². The Morgan fingerprint density at radius 1 is 1.03 bits per heavy atom. The van der Waals surface area contributed by atoms with Crippen LogP contribution in [0, 0.1) is 5.41 Å². The van der Waals surface area contributed by atoms with Crippen molar-refractivity contribution >= 4 is 21.7 Å². The van der Waals surface area contributed by atoms with Gasteiger partial charge in [0.15, 0.2) is 14.6 Å². The number of carbonyl (C=O) groups excluding carboxylic acids is 2. The van der Waals surface area contributed by atoms with E-state index in [9.17, 15) is 18.0 Å². The highest BCUT2D eigenvalue weighted by atomic mass is 32.2. The Kier molecular flexibility index (Phi) is 8.59. The van der Waals surface area contributed by atoms with Crippen molar-refractivity contribution in [2.45, 2.75) is 36.3 Å². The summed E-state index contributed by atoms with van der Waals surface area (Å²) in [5, 5.41) is 12.1. The largest absolute Gasteiger partial charge is 0.497 e. The third kappa shape index (κ3) is 5.97. The molecule has 0 saturated carbocycles. The monoisotopic (exact) mass is 520 g/mol. The van der Waals surface area contributed by atoms with Crippen molar-refractivity contribution in [3.8, 4) is 11.5 Å². The van der Waals surface area contributed by atoms with Crippen molar-refractivity contribution in [1.82, 2.24) is 10.8 Å². The summed E-state index contributed by atoms with van der Waals surface area (Å²) in [6, 6.07) is 12.6. The maximum atomic E-state index is 13.3. The van der Waals surface area contributed by atoms with Gasteiger partial charge in [-0.3, -0.25) is 14.8 Å². The van der Waals surface area contributed by atoms with Crippen LogP contribution in [0.5, 0.6) is 11.5 Å². The van der Waals surface area contributed by atoms with Gasteiger partial charge in [-0.1, -0.05) is 13.8 Å². The maximum Gasteiger partial charge on any atom is 0.265 e. The molecule has 0 aliphatic carbocycles. The summed E-state index contributed by atoms with van der Waals surface area (Å²) in [7, 11) is -2.55. The third-order valence-electron chi connectivity index (χ3n) is 6.17. The van der Waals surface area contributed by atoms with Gasteiger partial charge in [-0.25, -0.2) is 13.9 Å². The van der Waals surface area contributed by atoms with E-state index < -0.39 is 25.9 Å². The Morgan fingerprint density at radius 3 is 2.17 bits per heavy atom. The van der Waals surface area contributed by atoms with E-state index in [1.165, 1.54) is 29.7 Å². The van der Waals surface area contributed by atoms with Crippen LogP contribution in [0.15, 0.2) is 53.4 Å². The molecule has 11 heteroatoms. The number of rotatable bonds is 10. The topological polar surface area (TPSA) is 140 Å². The van der Waals surface area contributed by atoms with Gasteiger partial charge >= 0.3 is 0 Å². The van der Waals surface area contributed by atoms with Gasteiger partial charge in [0.25, 0.3) is 11.8 Å². The number of nitrogens with one attached hydrogen (secondary N) is 2. The van der Waals surface area contributed by atoms with Crippen LogP contribution in [0.4, 0.5) is 0 Å². The summed E-state index contributed by atoms with van der Waals surface area (Å²) in [5.74, 6) is -0.0753. The van der Waals surface area contributed by atoms with E-state index >= 15 is 0 Å². The number of hydrogen-bond acceptors (Lipinski definition) is 8. The van der Waals surface area contributed by atoms with Crippen molar-refractivity contribution < 1.29 is 37.4 Å². The van der Waals surface area contributed by atoms with Gasteiger partial charge in [-0.05, 0) is 61.4 Å². The van der Waals surface area contributed by atoms with Crippen LogP contribution >= 0.6 is 0 Å². The molecule has 1 saturated heterocycles. The van der Waals surface area contributed by atoms with Crippen molar-refractivity contribution in [2.75, 3.05) is 33.5 Å². The van der Waals surface area contributed by atoms with E-state index in [2.05, 4.69) is 5.32 Å². The first-order chi connectivity index (χ1) is 17.0. The van der Waals surface area contributed by atoms with Crippen molar-refractivity contribution in [2.24, 2.45) is 5.41 Å². The molecule has 1 fully saturated rings. The van der Waals surface area contributed by atoms with Gasteiger partial charge in [-0.15, -0.1) is 0 Å². The van der Waals surface area contributed by atoms with Gasteiger partial charge in [0.1, 0.15) is 11.5 Å². The molecule has 1 aliphatic rings.